The average molecular weight is 597 g/mol. The fraction of sp³-hybridized carbons (Fsp3) is 0.632. The molecule has 5 nitrogen and oxygen atoms in total. The minimum atomic E-state index is -0.438. The molecule has 242 valence electrons. The Morgan fingerprint density at radius 2 is 1.23 bits per heavy atom. The monoisotopic (exact) mass is 596 g/mol. The van der Waals surface area contributed by atoms with Crippen molar-refractivity contribution in [3.63, 3.8) is 0 Å². The Labute approximate surface area is 262 Å². The lowest BCUT2D eigenvalue weighted by atomic mass is 9.89. The van der Waals surface area contributed by atoms with Gasteiger partial charge in [-0.05, 0) is 133 Å². The number of carbonyl (C=O) groups excluding carboxylic acids is 2. The van der Waals surface area contributed by atoms with Crippen molar-refractivity contribution in [3.8, 4) is 5.75 Å². The Morgan fingerprint density at radius 1 is 0.791 bits per heavy atom. The number of aromatic hydroxyl groups is 1. The van der Waals surface area contributed by atoms with Gasteiger partial charge in [-0.3, -0.25) is 4.79 Å². The van der Waals surface area contributed by atoms with Crippen LogP contribution in [0.15, 0.2) is 48.5 Å². The molecule has 3 rings (SSSR count). The molecule has 0 aromatic heterocycles. The summed E-state index contributed by atoms with van der Waals surface area (Å²) in [7, 11) is 0. The summed E-state index contributed by atoms with van der Waals surface area (Å²) in [4.78, 5) is 23.8. The van der Waals surface area contributed by atoms with E-state index in [-0.39, 0.29) is 23.0 Å². The first-order chi connectivity index (χ1) is 20.0. The molecule has 2 unspecified atom stereocenters. The van der Waals surface area contributed by atoms with E-state index < -0.39 is 5.60 Å². The molecule has 1 aliphatic carbocycles. The van der Waals surface area contributed by atoms with Gasteiger partial charge in [0.2, 0.25) is 0 Å². The van der Waals surface area contributed by atoms with Gasteiger partial charge in [-0.2, -0.15) is 0 Å². The van der Waals surface area contributed by atoms with Crippen molar-refractivity contribution in [1.82, 2.24) is 0 Å². The number of phenols is 1. The van der Waals surface area contributed by atoms with Gasteiger partial charge in [-0.25, -0.2) is 4.79 Å². The topological polar surface area (TPSA) is 72.8 Å². The van der Waals surface area contributed by atoms with Crippen molar-refractivity contribution in [2.45, 2.75) is 151 Å². The maximum absolute atomic E-state index is 12.0. The second kappa shape index (κ2) is 17.5. The van der Waals surface area contributed by atoms with Crippen LogP contribution in [0.1, 0.15) is 161 Å². The third-order valence-corrected chi connectivity index (χ3v) is 8.71. The highest BCUT2D eigenvalue weighted by Crippen LogP contribution is 2.38. The Kier molecular flexibility index (Phi) is 15.5. The van der Waals surface area contributed by atoms with E-state index in [2.05, 4.69) is 34.6 Å². The quantitative estimate of drug-likeness (QED) is 0.292. The molecule has 5 heteroatoms. The molecule has 0 radical (unpaired) electrons. The lowest BCUT2D eigenvalue weighted by molar-refractivity contribution is -0.170. The van der Waals surface area contributed by atoms with Gasteiger partial charge < -0.3 is 14.6 Å². The highest BCUT2D eigenvalue weighted by molar-refractivity contribution is 5.89. The van der Waals surface area contributed by atoms with Gasteiger partial charge in [0.05, 0.1) is 11.0 Å². The second-order valence-electron chi connectivity index (χ2n) is 13.7. The Bertz CT molecular complexity index is 1090. The molecule has 2 aromatic carbocycles. The lowest BCUT2D eigenvalue weighted by Crippen LogP contribution is -2.37. The van der Waals surface area contributed by atoms with E-state index >= 15 is 0 Å². The van der Waals surface area contributed by atoms with Crippen molar-refractivity contribution in [1.29, 1.82) is 0 Å². The molecule has 43 heavy (non-hydrogen) atoms. The number of benzene rings is 2. The van der Waals surface area contributed by atoms with Crippen molar-refractivity contribution < 1.29 is 24.2 Å². The summed E-state index contributed by atoms with van der Waals surface area (Å²) >= 11 is 0. The first-order valence-electron chi connectivity index (χ1n) is 16.4. The van der Waals surface area contributed by atoms with E-state index in [0.29, 0.717) is 23.1 Å². The van der Waals surface area contributed by atoms with Gasteiger partial charge >= 0.3 is 11.9 Å². The van der Waals surface area contributed by atoms with Crippen molar-refractivity contribution in [2.24, 2.45) is 5.41 Å². The van der Waals surface area contributed by atoms with E-state index in [0.717, 1.165) is 38.5 Å². The predicted molar refractivity (Wildman–Crippen MR) is 179 cm³/mol. The number of rotatable bonds is 9. The maximum atomic E-state index is 12.0. The maximum Gasteiger partial charge on any atom is 0.338 e. The number of hydrogen-bond donors (Lipinski definition) is 1. The molecule has 0 spiro atoms. The Balaban J connectivity index is 0.000000330. The molecule has 2 aromatic rings. The third-order valence-electron chi connectivity index (χ3n) is 8.71. The van der Waals surface area contributed by atoms with Crippen LogP contribution in [0.3, 0.4) is 0 Å². The number of esters is 2. The zero-order chi connectivity index (χ0) is 32.8. The average Bonchev–Trinajstić information content (AvgIpc) is 3.45. The molecule has 0 aliphatic heterocycles. The summed E-state index contributed by atoms with van der Waals surface area (Å²) in [6.07, 6.45) is 8.55. The SMILES string of the molecule is CCC(C)c1ccc(C(=O)OC(C)(C)C)cc1.CCC(C)c1ccc(O)cc1.CCC1(OC(=O)C(C)(C)CC)CCCC1. The minimum Gasteiger partial charge on any atom is -0.508 e. The zero-order valence-corrected chi connectivity index (χ0v) is 29.0. The normalized spacial score (nSPS) is 15.6. The summed E-state index contributed by atoms with van der Waals surface area (Å²) in [6, 6.07) is 15.1. The van der Waals surface area contributed by atoms with Crippen LogP contribution in [0.4, 0.5) is 0 Å². The molecule has 2 atom stereocenters. The molecule has 0 bridgehead atoms. The van der Waals surface area contributed by atoms with E-state index in [1.807, 2.05) is 77.9 Å². The van der Waals surface area contributed by atoms with Crippen LogP contribution in [0.2, 0.25) is 0 Å². The first-order valence-corrected chi connectivity index (χ1v) is 16.4. The molecular weight excluding hydrogens is 536 g/mol. The van der Waals surface area contributed by atoms with Gasteiger partial charge in [-0.1, -0.05) is 65.8 Å². The smallest absolute Gasteiger partial charge is 0.338 e. The molecule has 1 N–H and O–H groups in total. The van der Waals surface area contributed by atoms with E-state index in [4.69, 9.17) is 14.6 Å². The summed E-state index contributed by atoms with van der Waals surface area (Å²) in [6.45, 7) is 22.4. The predicted octanol–water partition coefficient (Wildman–Crippen LogP) is 10.7. The fourth-order valence-electron chi connectivity index (χ4n) is 4.59. The van der Waals surface area contributed by atoms with Crippen molar-refractivity contribution in [3.05, 3.63) is 65.2 Å². The fourth-order valence-corrected chi connectivity index (χ4v) is 4.59. The van der Waals surface area contributed by atoms with Crippen LogP contribution >= 0.6 is 0 Å². The van der Waals surface area contributed by atoms with E-state index in [1.165, 1.54) is 24.0 Å². The highest BCUT2D eigenvalue weighted by Gasteiger charge is 2.39. The van der Waals surface area contributed by atoms with E-state index in [1.54, 1.807) is 12.1 Å². The van der Waals surface area contributed by atoms with Gasteiger partial charge in [0.1, 0.15) is 17.0 Å². The second-order valence-corrected chi connectivity index (χ2v) is 13.7. The molecule has 0 saturated heterocycles. The summed E-state index contributed by atoms with van der Waals surface area (Å²) < 4.78 is 11.1. The summed E-state index contributed by atoms with van der Waals surface area (Å²) in [5, 5.41) is 9.01. The van der Waals surface area contributed by atoms with Crippen molar-refractivity contribution >= 4 is 11.9 Å². The van der Waals surface area contributed by atoms with E-state index in [9.17, 15) is 9.59 Å². The molecular formula is C38H60O5. The molecule has 1 fully saturated rings. The van der Waals surface area contributed by atoms with Gasteiger partial charge in [-0.15, -0.1) is 0 Å². The van der Waals surface area contributed by atoms with Crippen LogP contribution in [0, 0.1) is 5.41 Å². The number of ether oxygens (including phenoxy) is 2. The number of phenolic OH excluding ortho intramolecular Hbond substituents is 1. The van der Waals surface area contributed by atoms with Crippen LogP contribution < -0.4 is 0 Å². The zero-order valence-electron chi connectivity index (χ0n) is 29.0. The number of hydrogen-bond acceptors (Lipinski definition) is 5. The third kappa shape index (κ3) is 13.1. The molecule has 0 heterocycles. The van der Waals surface area contributed by atoms with Crippen LogP contribution in [-0.2, 0) is 14.3 Å². The van der Waals surface area contributed by atoms with Gasteiger partial charge in [0.25, 0.3) is 0 Å². The summed E-state index contributed by atoms with van der Waals surface area (Å²) in [5.74, 6) is 1.19. The molecule has 0 amide bonds. The largest absolute Gasteiger partial charge is 0.508 e. The van der Waals surface area contributed by atoms with Crippen LogP contribution in [0.25, 0.3) is 0 Å². The summed E-state index contributed by atoms with van der Waals surface area (Å²) in [5.41, 5.74) is 2.28. The number of carbonyl (C=O) groups is 2. The van der Waals surface area contributed by atoms with Crippen molar-refractivity contribution in [2.75, 3.05) is 0 Å². The Hall–Kier alpha value is -2.82. The molecule has 1 saturated carbocycles. The standard InChI is InChI=1S/C15H22O2.C13H24O2.C10H14O/c1-6-11(2)12-7-9-13(10-8-12)14(16)17-15(3,4)5;1-5-12(3,4)11(14)15-13(6-2)9-7-8-10-13;1-3-8(2)9-4-6-10(11)7-5-9/h7-11H,6H2,1-5H3;5-10H2,1-4H3;4-8,11H,3H2,1-2H3. The van der Waals surface area contributed by atoms with Gasteiger partial charge in [0, 0.05) is 0 Å². The molecule has 1 aliphatic rings. The minimum absolute atomic E-state index is 0.0197. The lowest BCUT2D eigenvalue weighted by Gasteiger charge is -2.32. The first kappa shape index (κ1) is 38.2. The Morgan fingerprint density at radius 3 is 1.60 bits per heavy atom. The van der Waals surface area contributed by atoms with Gasteiger partial charge in [0.15, 0.2) is 0 Å². The van der Waals surface area contributed by atoms with Crippen LogP contribution in [-0.4, -0.2) is 28.2 Å². The van der Waals surface area contributed by atoms with Crippen LogP contribution in [0.5, 0.6) is 5.75 Å². The highest BCUT2D eigenvalue weighted by atomic mass is 16.6.